The Kier molecular flexibility index (Phi) is 7.53. The molecule has 0 radical (unpaired) electrons. The van der Waals surface area contributed by atoms with Crippen LogP contribution in [0.2, 0.25) is 0 Å². The lowest BCUT2D eigenvalue weighted by molar-refractivity contribution is 1.06. The average Bonchev–Trinajstić information content (AvgIpc) is 2.44. The normalized spacial score (nSPS) is 7.95. The summed E-state index contributed by atoms with van der Waals surface area (Å²) in [5.41, 5.74) is 0. The third-order valence-electron chi connectivity index (χ3n) is 1.76. The second kappa shape index (κ2) is 10.2. The first-order valence-corrected chi connectivity index (χ1v) is 5.51. The highest BCUT2D eigenvalue weighted by molar-refractivity contribution is 4.91. The Balaban J connectivity index is 3.20. The lowest BCUT2D eigenvalue weighted by Gasteiger charge is -1.82. The van der Waals surface area contributed by atoms with Crippen molar-refractivity contribution in [2.45, 2.75) is 0 Å². The van der Waals surface area contributed by atoms with Gasteiger partial charge in [0.15, 0.2) is 6.19 Å². The van der Waals surface area contributed by atoms with E-state index in [4.69, 9.17) is 5.26 Å². The van der Waals surface area contributed by atoms with Crippen LogP contribution in [-0.4, -0.2) is 19.5 Å². The molecule has 0 bridgehead atoms. The SMILES string of the molecule is N#Cn1cccccnccnccccncc1. The van der Waals surface area contributed by atoms with E-state index in [9.17, 15) is 0 Å². The second-order valence-corrected chi connectivity index (χ2v) is 3.11. The first-order valence-electron chi connectivity index (χ1n) is 5.51. The van der Waals surface area contributed by atoms with Gasteiger partial charge in [0, 0.05) is 49.6 Å². The first-order chi connectivity index (χ1) is 9.43. The molecule has 0 aliphatic carbocycles. The van der Waals surface area contributed by atoms with Gasteiger partial charge in [-0.3, -0.25) is 19.5 Å². The third-order valence-corrected chi connectivity index (χ3v) is 1.76. The molecule has 0 aliphatic heterocycles. The van der Waals surface area contributed by atoms with Gasteiger partial charge >= 0.3 is 0 Å². The Labute approximate surface area is 111 Å². The Hall–Kier alpha value is -3.00. The minimum Gasteiger partial charge on any atom is -0.263 e. The summed E-state index contributed by atoms with van der Waals surface area (Å²) >= 11 is 0. The van der Waals surface area contributed by atoms with Gasteiger partial charge in [-0.05, 0) is 24.3 Å². The molecule has 5 nitrogen and oxygen atoms in total. The molecule has 5 heteroatoms. The summed E-state index contributed by atoms with van der Waals surface area (Å²) in [4.78, 5) is 11.9. The number of hydrogen-bond acceptors (Lipinski definition) is 4. The zero-order valence-electron chi connectivity index (χ0n) is 10.2. The van der Waals surface area contributed by atoms with Gasteiger partial charge in [0.2, 0.25) is 0 Å². The molecule has 1 heterocycles. The highest BCUT2D eigenvalue weighted by atomic mass is 14.9. The van der Waals surface area contributed by atoms with Crippen molar-refractivity contribution in [3.63, 3.8) is 0 Å². The Morgan fingerprint density at radius 1 is 0.632 bits per heavy atom. The topological polar surface area (TPSA) is 67.4 Å². The Bertz CT molecular complexity index is 540. The van der Waals surface area contributed by atoms with E-state index in [1.807, 2.05) is 6.19 Å². The fraction of sp³-hybridized carbons (Fsp3) is 0. The summed E-state index contributed by atoms with van der Waals surface area (Å²) in [7, 11) is 0. The lowest BCUT2D eigenvalue weighted by Crippen LogP contribution is -1.82. The van der Waals surface area contributed by atoms with E-state index in [2.05, 4.69) is 15.0 Å². The van der Waals surface area contributed by atoms with Crippen molar-refractivity contribution in [3.05, 3.63) is 79.9 Å². The zero-order chi connectivity index (χ0) is 13.6. The minimum atomic E-state index is 1.34. The van der Waals surface area contributed by atoms with Gasteiger partial charge in [0.1, 0.15) is 0 Å². The minimum absolute atomic E-state index is 1.34. The second-order valence-electron chi connectivity index (χ2n) is 3.11. The highest BCUT2D eigenvalue weighted by Gasteiger charge is 1.71. The maximum atomic E-state index is 8.85. The van der Waals surface area contributed by atoms with Crippen LogP contribution >= 0.6 is 0 Å². The fourth-order valence-corrected chi connectivity index (χ4v) is 0.957. The molecule has 0 spiro atoms. The molecule has 1 rings (SSSR count). The summed E-state index contributed by atoms with van der Waals surface area (Å²) in [6.07, 6.45) is 14.7. The fourth-order valence-electron chi connectivity index (χ4n) is 0.957. The maximum absolute atomic E-state index is 8.85. The van der Waals surface area contributed by atoms with Crippen molar-refractivity contribution >= 4 is 0 Å². The van der Waals surface area contributed by atoms with E-state index in [-0.39, 0.29) is 0 Å². The predicted octanol–water partition coefficient (Wildman–Crippen LogP) is 2.38. The molecular formula is C14H13N5. The molecule has 0 fully saturated rings. The summed E-state index contributed by atoms with van der Waals surface area (Å²) in [6, 6.07) is 8.72. The van der Waals surface area contributed by atoms with Crippen molar-refractivity contribution in [3.8, 4) is 6.19 Å². The van der Waals surface area contributed by atoms with Crippen molar-refractivity contribution in [2.75, 3.05) is 0 Å². The molecule has 0 N–H and O–H groups in total. The molecule has 0 saturated carbocycles. The van der Waals surface area contributed by atoms with Crippen LogP contribution in [-0.2, 0) is 0 Å². The lowest BCUT2D eigenvalue weighted by atomic mass is 10.5. The molecule has 0 atom stereocenters. The monoisotopic (exact) mass is 251 g/mol. The molecule has 0 saturated heterocycles. The van der Waals surface area contributed by atoms with Gasteiger partial charge in [0.25, 0.3) is 0 Å². The van der Waals surface area contributed by atoms with Gasteiger partial charge in [-0.2, -0.15) is 5.26 Å². The van der Waals surface area contributed by atoms with Gasteiger partial charge in [-0.25, -0.2) is 0 Å². The Morgan fingerprint density at radius 3 is 1.84 bits per heavy atom. The maximum Gasteiger partial charge on any atom is 0.188 e. The van der Waals surface area contributed by atoms with Crippen molar-refractivity contribution in [2.24, 2.45) is 0 Å². The van der Waals surface area contributed by atoms with E-state index in [1.54, 1.807) is 73.7 Å². The summed E-state index contributed by atoms with van der Waals surface area (Å²) in [6.45, 7) is 0. The zero-order valence-corrected chi connectivity index (χ0v) is 10.2. The quantitative estimate of drug-likeness (QED) is 0.710. The van der Waals surface area contributed by atoms with Crippen LogP contribution in [0.4, 0.5) is 0 Å². The number of nitriles is 1. The van der Waals surface area contributed by atoms with Crippen molar-refractivity contribution in [1.82, 2.24) is 19.5 Å². The van der Waals surface area contributed by atoms with Crippen LogP contribution in [0.15, 0.2) is 79.9 Å². The van der Waals surface area contributed by atoms with Crippen LogP contribution in [0, 0.1) is 11.5 Å². The first kappa shape index (κ1) is 14.1. The molecule has 94 valence electrons. The molecular weight excluding hydrogens is 238 g/mol. The van der Waals surface area contributed by atoms with Gasteiger partial charge in [-0.15, -0.1) is 0 Å². The van der Waals surface area contributed by atoms with Crippen LogP contribution in [0.1, 0.15) is 0 Å². The van der Waals surface area contributed by atoms with Crippen molar-refractivity contribution in [1.29, 1.82) is 5.26 Å². The number of aromatic nitrogens is 4. The van der Waals surface area contributed by atoms with E-state index in [0.717, 1.165) is 0 Å². The number of nitrogens with zero attached hydrogens (tertiary/aromatic N) is 5. The van der Waals surface area contributed by atoms with E-state index < -0.39 is 0 Å². The largest absolute Gasteiger partial charge is 0.263 e. The smallest absolute Gasteiger partial charge is 0.188 e. The number of rotatable bonds is 0. The van der Waals surface area contributed by atoms with Crippen LogP contribution in [0.3, 0.4) is 0 Å². The molecule has 0 unspecified atom stereocenters. The molecule has 19 heavy (non-hydrogen) atoms. The van der Waals surface area contributed by atoms with E-state index in [0.29, 0.717) is 0 Å². The predicted molar refractivity (Wildman–Crippen MR) is 71.7 cm³/mol. The molecule has 0 aromatic carbocycles. The molecule has 1 aromatic rings. The summed E-state index contributed by atoms with van der Waals surface area (Å²) in [5.74, 6) is 0. The molecule has 1 aromatic heterocycles. The summed E-state index contributed by atoms with van der Waals surface area (Å²) < 4.78 is 1.34. The van der Waals surface area contributed by atoms with Crippen LogP contribution in [0.25, 0.3) is 0 Å². The van der Waals surface area contributed by atoms with E-state index in [1.165, 1.54) is 10.8 Å². The van der Waals surface area contributed by atoms with Gasteiger partial charge in [-0.1, -0.05) is 6.07 Å². The summed E-state index contributed by atoms with van der Waals surface area (Å²) in [5, 5.41) is 8.85. The van der Waals surface area contributed by atoms with Gasteiger partial charge < -0.3 is 0 Å². The van der Waals surface area contributed by atoms with Crippen molar-refractivity contribution < 1.29 is 0 Å². The van der Waals surface area contributed by atoms with Crippen LogP contribution < -0.4 is 0 Å². The van der Waals surface area contributed by atoms with E-state index >= 15 is 0 Å². The number of hydrogen-bond donors (Lipinski definition) is 0. The van der Waals surface area contributed by atoms with Crippen LogP contribution in [0.5, 0.6) is 0 Å². The molecule has 0 amide bonds. The Morgan fingerprint density at radius 2 is 1.21 bits per heavy atom. The van der Waals surface area contributed by atoms with Gasteiger partial charge in [0.05, 0.1) is 0 Å². The highest BCUT2D eigenvalue weighted by Crippen LogP contribution is 1.77. The standard InChI is InChI=1S/C14H13N5/c15-14-19-12-5-1-2-6-16-9-10-17-7-3-4-8-18-11-13-19/h1-13H. The molecule has 0 aliphatic rings. The average molecular weight is 251 g/mol. The third kappa shape index (κ3) is 7.82.